The number of hydrogen-bond donors (Lipinski definition) is 4. The number of fused-ring (bicyclic) bond motifs is 2. The van der Waals surface area contributed by atoms with Gasteiger partial charge < -0.3 is 25.5 Å². The zero-order valence-corrected chi connectivity index (χ0v) is 21.3. The van der Waals surface area contributed by atoms with Crippen molar-refractivity contribution in [1.29, 1.82) is 0 Å². The molecule has 1 amide bonds. The molecule has 4 aromatic rings. The Balaban J connectivity index is 1.43. The molecular weight excluding hydrogens is 480 g/mol. The lowest BCUT2D eigenvalue weighted by Crippen LogP contribution is -2.49. The Morgan fingerprint density at radius 1 is 1.22 bits per heavy atom. The molecule has 1 saturated carbocycles. The molecule has 0 unspecified atom stereocenters. The van der Waals surface area contributed by atoms with Gasteiger partial charge in [0, 0.05) is 37.3 Å². The predicted octanol–water partition coefficient (Wildman–Crippen LogP) is 4.23. The Hall–Kier alpha value is -3.83. The molecule has 1 aliphatic rings. The molecule has 0 atom stereocenters. The number of halogens is 2. The van der Waals surface area contributed by atoms with Crippen LogP contribution in [0.5, 0.6) is 0 Å². The molecule has 10 nitrogen and oxygen atoms in total. The second-order valence-corrected chi connectivity index (χ2v) is 9.93. The maximum absolute atomic E-state index is 13.2. The van der Waals surface area contributed by atoms with Crippen LogP contribution in [0.25, 0.3) is 33.5 Å². The molecule has 4 heterocycles. The molecule has 0 aromatic carbocycles. The van der Waals surface area contributed by atoms with Gasteiger partial charge in [-0.2, -0.15) is 9.97 Å². The highest BCUT2D eigenvalue weighted by molar-refractivity contribution is 6.01. The third-order valence-corrected chi connectivity index (χ3v) is 7.05. The van der Waals surface area contributed by atoms with E-state index in [0.717, 1.165) is 36.6 Å². The summed E-state index contributed by atoms with van der Waals surface area (Å²) in [6, 6.07) is 3.81. The first-order valence-electron chi connectivity index (χ1n) is 12.4. The van der Waals surface area contributed by atoms with Crippen molar-refractivity contribution in [2.45, 2.75) is 71.0 Å². The number of aromatic amines is 1. The SMILES string of the molecule is CNc1nc(NC2CCC(C)(NC(C)=O)CC2)nc2[nH]cc(-c3ccc4nc(C)n(CC(F)F)c4n3)c12. The fourth-order valence-electron chi connectivity index (χ4n) is 5.23. The van der Waals surface area contributed by atoms with Crippen LogP contribution < -0.4 is 16.0 Å². The second-order valence-electron chi connectivity index (χ2n) is 9.93. The molecule has 37 heavy (non-hydrogen) atoms. The van der Waals surface area contributed by atoms with Crippen LogP contribution in [0.15, 0.2) is 18.3 Å². The highest BCUT2D eigenvalue weighted by Crippen LogP contribution is 2.34. The van der Waals surface area contributed by atoms with E-state index in [-0.39, 0.29) is 17.5 Å². The summed E-state index contributed by atoms with van der Waals surface area (Å²) in [5.74, 6) is 1.62. The number of nitrogens with zero attached hydrogens (tertiary/aromatic N) is 5. The fraction of sp³-hybridized carbons (Fsp3) is 0.480. The minimum absolute atomic E-state index is 0.00819. The number of nitrogens with one attached hydrogen (secondary N) is 4. The Morgan fingerprint density at radius 2 is 1.97 bits per heavy atom. The van der Waals surface area contributed by atoms with Gasteiger partial charge in [-0.25, -0.2) is 18.7 Å². The quantitative estimate of drug-likeness (QED) is 0.293. The summed E-state index contributed by atoms with van der Waals surface area (Å²) in [6.07, 6.45) is 2.81. The van der Waals surface area contributed by atoms with Crippen molar-refractivity contribution in [2.75, 3.05) is 17.7 Å². The number of aryl methyl sites for hydroxylation is 1. The normalized spacial score (nSPS) is 20.0. The van der Waals surface area contributed by atoms with Crippen molar-refractivity contribution in [3.8, 4) is 11.3 Å². The number of carbonyl (C=O) groups is 1. The molecule has 4 aromatic heterocycles. The molecule has 1 fully saturated rings. The number of amides is 1. The number of alkyl halides is 2. The Kier molecular flexibility index (Phi) is 6.42. The van der Waals surface area contributed by atoms with Crippen LogP contribution in [0.1, 0.15) is 45.4 Å². The average Bonchev–Trinajstić information content (AvgIpc) is 3.40. The second kappa shape index (κ2) is 9.56. The molecule has 0 spiro atoms. The Labute approximate surface area is 212 Å². The van der Waals surface area contributed by atoms with Crippen molar-refractivity contribution >= 4 is 39.9 Å². The molecule has 0 aliphatic heterocycles. The Bertz CT molecular complexity index is 1450. The average molecular weight is 512 g/mol. The summed E-state index contributed by atoms with van der Waals surface area (Å²) >= 11 is 0. The smallest absolute Gasteiger partial charge is 0.256 e. The van der Waals surface area contributed by atoms with Gasteiger partial charge in [-0.3, -0.25) is 4.79 Å². The lowest BCUT2D eigenvalue weighted by Gasteiger charge is -2.38. The van der Waals surface area contributed by atoms with Gasteiger partial charge in [0.2, 0.25) is 11.9 Å². The highest BCUT2D eigenvalue weighted by atomic mass is 19.3. The first-order chi connectivity index (χ1) is 17.7. The molecule has 4 N–H and O–H groups in total. The summed E-state index contributed by atoms with van der Waals surface area (Å²) in [7, 11) is 1.79. The zero-order valence-electron chi connectivity index (χ0n) is 21.3. The summed E-state index contributed by atoms with van der Waals surface area (Å²) in [5, 5.41) is 10.4. The minimum Gasteiger partial charge on any atom is -0.372 e. The van der Waals surface area contributed by atoms with E-state index in [2.05, 4.69) is 37.8 Å². The summed E-state index contributed by atoms with van der Waals surface area (Å²) in [6.45, 7) is 4.87. The molecule has 0 bridgehead atoms. The van der Waals surface area contributed by atoms with Crippen molar-refractivity contribution in [1.82, 2.24) is 34.8 Å². The van der Waals surface area contributed by atoms with E-state index in [1.807, 2.05) is 6.07 Å². The molecule has 196 valence electrons. The summed E-state index contributed by atoms with van der Waals surface area (Å²) < 4.78 is 27.7. The number of imidazole rings is 1. The van der Waals surface area contributed by atoms with Crippen LogP contribution in [-0.2, 0) is 11.3 Å². The van der Waals surface area contributed by atoms with Crippen LogP contribution in [0.2, 0.25) is 0 Å². The van der Waals surface area contributed by atoms with Crippen molar-refractivity contribution in [2.24, 2.45) is 0 Å². The number of rotatable bonds is 7. The largest absolute Gasteiger partial charge is 0.372 e. The van der Waals surface area contributed by atoms with Gasteiger partial charge in [-0.15, -0.1) is 0 Å². The lowest BCUT2D eigenvalue weighted by atomic mass is 9.81. The summed E-state index contributed by atoms with van der Waals surface area (Å²) in [5.41, 5.74) is 2.81. The third-order valence-electron chi connectivity index (χ3n) is 7.05. The number of hydrogen-bond acceptors (Lipinski definition) is 7. The molecular formula is C25H31F2N9O. The van der Waals surface area contributed by atoms with Gasteiger partial charge in [0.1, 0.15) is 22.8 Å². The summed E-state index contributed by atoms with van der Waals surface area (Å²) in [4.78, 5) is 33.2. The topological polar surface area (TPSA) is 125 Å². The van der Waals surface area contributed by atoms with Gasteiger partial charge in [-0.05, 0) is 51.7 Å². The van der Waals surface area contributed by atoms with Crippen molar-refractivity contribution in [3.05, 3.63) is 24.2 Å². The number of H-pyrrole nitrogens is 1. The number of carbonyl (C=O) groups excluding carboxylic acids is 1. The standard InChI is InChI=1S/C25H31F2N9O/c1-13-30-18-6-5-17(32-23(18)36(13)12-19(26)27)16-11-29-22-20(16)21(28-4)33-24(34-22)31-15-7-9-25(3,10-8-15)35-14(2)37/h5-6,11,15,19H,7-10,12H2,1-4H3,(H,35,37)(H3,28,29,31,33,34). The monoisotopic (exact) mass is 511 g/mol. The van der Waals surface area contributed by atoms with E-state index in [9.17, 15) is 13.6 Å². The molecule has 5 rings (SSSR count). The number of aromatic nitrogens is 6. The van der Waals surface area contributed by atoms with Gasteiger partial charge in [-0.1, -0.05) is 0 Å². The zero-order chi connectivity index (χ0) is 26.3. The highest BCUT2D eigenvalue weighted by Gasteiger charge is 2.32. The van der Waals surface area contributed by atoms with Crippen LogP contribution in [-0.4, -0.2) is 60.4 Å². The molecule has 0 saturated heterocycles. The van der Waals surface area contributed by atoms with E-state index < -0.39 is 13.0 Å². The van der Waals surface area contributed by atoms with Gasteiger partial charge in [0.15, 0.2) is 5.65 Å². The maximum atomic E-state index is 13.2. The Morgan fingerprint density at radius 3 is 2.65 bits per heavy atom. The predicted molar refractivity (Wildman–Crippen MR) is 139 cm³/mol. The van der Waals surface area contributed by atoms with Crippen LogP contribution in [0.3, 0.4) is 0 Å². The van der Waals surface area contributed by atoms with Crippen LogP contribution in [0.4, 0.5) is 20.5 Å². The van der Waals surface area contributed by atoms with E-state index in [1.165, 1.54) is 4.57 Å². The van der Waals surface area contributed by atoms with E-state index in [4.69, 9.17) is 9.97 Å². The third kappa shape index (κ3) is 4.92. The maximum Gasteiger partial charge on any atom is 0.256 e. The van der Waals surface area contributed by atoms with Gasteiger partial charge in [0.05, 0.1) is 17.6 Å². The van der Waals surface area contributed by atoms with Gasteiger partial charge >= 0.3 is 0 Å². The van der Waals surface area contributed by atoms with E-state index >= 15 is 0 Å². The molecule has 12 heteroatoms. The minimum atomic E-state index is -2.51. The van der Waals surface area contributed by atoms with E-state index in [1.54, 1.807) is 33.2 Å². The first kappa shape index (κ1) is 24.8. The van der Waals surface area contributed by atoms with E-state index in [0.29, 0.717) is 40.1 Å². The molecule has 0 radical (unpaired) electrons. The van der Waals surface area contributed by atoms with Crippen LogP contribution in [0, 0.1) is 6.92 Å². The number of pyridine rings is 1. The van der Waals surface area contributed by atoms with Crippen molar-refractivity contribution in [3.63, 3.8) is 0 Å². The number of anilines is 2. The van der Waals surface area contributed by atoms with Gasteiger partial charge in [0.25, 0.3) is 6.43 Å². The fourth-order valence-corrected chi connectivity index (χ4v) is 5.23. The lowest BCUT2D eigenvalue weighted by molar-refractivity contribution is -0.121. The van der Waals surface area contributed by atoms with Crippen molar-refractivity contribution < 1.29 is 13.6 Å². The molecule has 1 aliphatic carbocycles. The first-order valence-corrected chi connectivity index (χ1v) is 12.4. The van der Waals surface area contributed by atoms with Crippen LogP contribution >= 0.6 is 0 Å².